The van der Waals surface area contributed by atoms with Crippen LogP contribution in [0.3, 0.4) is 0 Å². The van der Waals surface area contributed by atoms with Gasteiger partial charge in [0.15, 0.2) is 5.13 Å². The number of likely N-dealkylation sites (tertiary alicyclic amines) is 1. The number of amides is 2. The summed E-state index contributed by atoms with van der Waals surface area (Å²) < 4.78 is 0. The standard InChI is InChI=1S/C14H21N3O2S/c1-10(2)9-12(18)17-6-3-11(4-7-17)13(19)16-14-15-5-8-20-14/h5,8,10-11H,3-4,6-7,9H2,1-2H3,(H,15,16,19). The van der Waals surface area contributed by atoms with Gasteiger partial charge in [0, 0.05) is 37.0 Å². The lowest BCUT2D eigenvalue weighted by Gasteiger charge is -2.31. The molecule has 1 fully saturated rings. The summed E-state index contributed by atoms with van der Waals surface area (Å²) in [6, 6.07) is 0. The number of thiazole rings is 1. The molecule has 1 aromatic rings. The van der Waals surface area contributed by atoms with E-state index in [1.54, 1.807) is 6.20 Å². The second-order valence-corrected chi connectivity index (χ2v) is 6.47. The second-order valence-electron chi connectivity index (χ2n) is 5.58. The number of piperidine rings is 1. The molecule has 0 spiro atoms. The Morgan fingerprint density at radius 2 is 2.15 bits per heavy atom. The number of hydrogen-bond donors (Lipinski definition) is 1. The van der Waals surface area contributed by atoms with Gasteiger partial charge in [-0.15, -0.1) is 11.3 Å². The SMILES string of the molecule is CC(C)CC(=O)N1CCC(C(=O)Nc2nccs2)CC1. The number of carbonyl (C=O) groups excluding carboxylic acids is 2. The van der Waals surface area contributed by atoms with Gasteiger partial charge in [0.05, 0.1) is 0 Å². The van der Waals surface area contributed by atoms with Crippen molar-refractivity contribution < 1.29 is 9.59 Å². The molecule has 0 unspecified atom stereocenters. The lowest BCUT2D eigenvalue weighted by molar-refractivity contribution is -0.135. The lowest BCUT2D eigenvalue weighted by Crippen LogP contribution is -2.41. The lowest BCUT2D eigenvalue weighted by atomic mass is 9.95. The highest BCUT2D eigenvalue weighted by Gasteiger charge is 2.27. The van der Waals surface area contributed by atoms with Crippen molar-refractivity contribution in [3.63, 3.8) is 0 Å². The van der Waals surface area contributed by atoms with E-state index in [4.69, 9.17) is 0 Å². The van der Waals surface area contributed by atoms with E-state index in [-0.39, 0.29) is 17.7 Å². The summed E-state index contributed by atoms with van der Waals surface area (Å²) >= 11 is 1.42. The highest BCUT2D eigenvalue weighted by Crippen LogP contribution is 2.21. The molecule has 2 heterocycles. The zero-order chi connectivity index (χ0) is 14.5. The molecule has 0 atom stereocenters. The topological polar surface area (TPSA) is 62.3 Å². The maximum absolute atomic E-state index is 12.1. The summed E-state index contributed by atoms with van der Waals surface area (Å²) in [5.41, 5.74) is 0. The summed E-state index contributed by atoms with van der Waals surface area (Å²) in [7, 11) is 0. The van der Waals surface area contributed by atoms with Crippen molar-refractivity contribution in [3.05, 3.63) is 11.6 Å². The quantitative estimate of drug-likeness (QED) is 0.927. The molecule has 0 bridgehead atoms. The van der Waals surface area contributed by atoms with Gasteiger partial charge in [-0.25, -0.2) is 4.98 Å². The summed E-state index contributed by atoms with van der Waals surface area (Å²) in [4.78, 5) is 30.0. The Labute approximate surface area is 123 Å². The van der Waals surface area contributed by atoms with E-state index in [1.165, 1.54) is 11.3 Å². The maximum Gasteiger partial charge on any atom is 0.229 e. The highest BCUT2D eigenvalue weighted by atomic mass is 32.1. The molecule has 0 aromatic carbocycles. The first-order chi connectivity index (χ1) is 9.56. The van der Waals surface area contributed by atoms with Crippen molar-refractivity contribution >= 4 is 28.3 Å². The molecule has 1 aromatic heterocycles. The van der Waals surface area contributed by atoms with Crippen LogP contribution in [0.1, 0.15) is 33.1 Å². The van der Waals surface area contributed by atoms with E-state index < -0.39 is 0 Å². The molecule has 20 heavy (non-hydrogen) atoms. The molecule has 0 aliphatic carbocycles. The molecule has 1 N–H and O–H groups in total. The van der Waals surface area contributed by atoms with E-state index in [1.807, 2.05) is 24.1 Å². The number of anilines is 1. The summed E-state index contributed by atoms with van der Waals surface area (Å²) in [5, 5.41) is 5.32. The Kier molecular flexibility index (Phi) is 5.11. The van der Waals surface area contributed by atoms with Gasteiger partial charge in [-0.2, -0.15) is 0 Å². The van der Waals surface area contributed by atoms with Crippen molar-refractivity contribution in [3.8, 4) is 0 Å². The van der Waals surface area contributed by atoms with Crippen molar-refractivity contribution in [2.24, 2.45) is 11.8 Å². The van der Waals surface area contributed by atoms with Gasteiger partial charge in [0.25, 0.3) is 0 Å². The number of nitrogens with zero attached hydrogens (tertiary/aromatic N) is 2. The van der Waals surface area contributed by atoms with E-state index >= 15 is 0 Å². The van der Waals surface area contributed by atoms with E-state index in [9.17, 15) is 9.59 Å². The van der Waals surface area contributed by atoms with Crippen LogP contribution in [0.5, 0.6) is 0 Å². The van der Waals surface area contributed by atoms with Crippen molar-refractivity contribution in [1.82, 2.24) is 9.88 Å². The number of carbonyl (C=O) groups is 2. The minimum absolute atomic E-state index is 0.0120. The number of rotatable bonds is 4. The molecule has 1 aliphatic heterocycles. The third kappa shape index (κ3) is 4.03. The predicted molar refractivity (Wildman–Crippen MR) is 79.5 cm³/mol. The highest BCUT2D eigenvalue weighted by molar-refractivity contribution is 7.13. The maximum atomic E-state index is 12.1. The van der Waals surface area contributed by atoms with E-state index in [0.717, 1.165) is 12.8 Å². The molecule has 2 rings (SSSR count). The molecule has 1 saturated heterocycles. The van der Waals surface area contributed by atoms with Gasteiger partial charge in [-0.05, 0) is 18.8 Å². The van der Waals surface area contributed by atoms with Gasteiger partial charge in [0.1, 0.15) is 0 Å². The van der Waals surface area contributed by atoms with Crippen molar-refractivity contribution in [2.75, 3.05) is 18.4 Å². The van der Waals surface area contributed by atoms with Gasteiger partial charge in [0.2, 0.25) is 11.8 Å². The number of hydrogen-bond acceptors (Lipinski definition) is 4. The molecule has 6 heteroatoms. The largest absolute Gasteiger partial charge is 0.343 e. The minimum atomic E-state index is -0.0120. The van der Waals surface area contributed by atoms with Crippen LogP contribution in [0.4, 0.5) is 5.13 Å². The smallest absolute Gasteiger partial charge is 0.229 e. The fraction of sp³-hybridized carbons (Fsp3) is 0.643. The van der Waals surface area contributed by atoms with Crippen molar-refractivity contribution in [2.45, 2.75) is 33.1 Å². The molecule has 110 valence electrons. The normalized spacial score (nSPS) is 16.4. The van der Waals surface area contributed by atoms with Gasteiger partial charge >= 0.3 is 0 Å². The number of nitrogens with one attached hydrogen (secondary N) is 1. The molecular weight excluding hydrogens is 274 g/mol. The first kappa shape index (κ1) is 15.0. The van der Waals surface area contributed by atoms with Crippen LogP contribution in [0.25, 0.3) is 0 Å². The van der Waals surface area contributed by atoms with Gasteiger partial charge in [-0.3, -0.25) is 9.59 Å². The molecular formula is C14H21N3O2S. The summed E-state index contributed by atoms with van der Waals surface area (Å²) in [6.07, 6.45) is 3.74. The Bertz CT molecular complexity index is 451. The predicted octanol–water partition coefficient (Wildman–Crippen LogP) is 2.37. The summed E-state index contributed by atoms with van der Waals surface area (Å²) in [6.45, 7) is 5.46. The zero-order valence-electron chi connectivity index (χ0n) is 12.0. The first-order valence-corrected chi connectivity index (χ1v) is 7.92. The van der Waals surface area contributed by atoms with Gasteiger partial charge in [-0.1, -0.05) is 13.8 Å². The Hall–Kier alpha value is -1.43. The third-order valence-electron chi connectivity index (χ3n) is 3.46. The average molecular weight is 295 g/mol. The van der Waals surface area contributed by atoms with Crippen LogP contribution < -0.4 is 5.32 Å². The molecule has 5 nitrogen and oxygen atoms in total. The average Bonchev–Trinajstić information content (AvgIpc) is 2.91. The fourth-order valence-electron chi connectivity index (χ4n) is 2.36. The molecule has 1 aliphatic rings. The molecule has 0 radical (unpaired) electrons. The van der Waals surface area contributed by atoms with Crippen LogP contribution >= 0.6 is 11.3 Å². The Morgan fingerprint density at radius 1 is 1.45 bits per heavy atom. The monoisotopic (exact) mass is 295 g/mol. The Morgan fingerprint density at radius 3 is 2.70 bits per heavy atom. The zero-order valence-corrected chi connectivity index (χ0v) is 12.8. The van der Waals surface area contributed by atoms with Crippen LogP contribution in [-0.2, 0) is 9.59 Å². The first-order valence-electron chi connectivity index (χ1n) is 7.04. The molecule has 0 saturated carbocycles. The van der Waals surface area contributed by atoms with E-state index in [2.05, 4.69) is 10.3 Å². The fourth-order valence-corrected chi connectivity index (χ4v) is 2.89. The van der Waals surface area contributed by atoms with Crippen LogP contribution in [0.2, 0.25) is 0 Å². The second kappa shape index (κ2) is 6.83. The Balaban J connectivity index is 1.79. The third-order valence-corrected chi connectivity index (χ3v) is 4.15. The van der Waals surface area contributed by atoms with Crippen LogP contribution in [0, 0.1) is 11.8 Å². The van der Waals surface area contributed by atoms with Crippen LogP contribution in [-0.4, -0.2) is 34.8 Å². The summed E-state index contributed by atoms with van der Waals surface area (Å²) in [5.74, 6) is 0.602. The van der Waals surface area contributed by atoms with Crippen LogP contribution in [0.15, 0.2) is 11.6 Å². The van der Waals surface area contributed by atoms with E-state index in [0.29, 0.717) is 30.6 Å². The van der Waals surface area contributed by atoms with Crippen molar-refractivity contribution in [1.29, 1.82) is 0 Å². The molecule has 2 amide bonds. The minimum Gasteiger partial charge on any atom is -0.343 e. The van der Waals surface area contributed by atoms with Gasteiger partial charge < -0.3 is 10.2 Å². The number of aromatic nitrogens is 1.